The molecule has 3 heterocycles. The van der Waals surface area contributed by atoms with E-state index in [2.05, 4.69) is 50.2 Å². The van der Waals surface area contributed by atoms with Gasteiger partial charge in [0.15, 0.2) is 0 Å². The van der Waals surface area contributed by atoms with E-state index in [9.17, 15) is 0 Å². The van der Waals surface area contributed by atoms with Gasteiger partial charge in [-0.2, -0.15) is 0 Å². The van der Waals surface area contributed by atoms with Crippen LogP contribution >= 0.6 is 34.0 Å². The molecule has 0 spiro atoms. The molecule has 0 amide bonds. The summed E-state index contributed by atoms with van der Waals surface area (Å²) < 4.78 is 22.5. The predicted octanol–water partition coefficient (Wildman–Crippen LogP) is 9.20. The Labute approximate surface area is 252 Å². The van der Waals surface area contributed by atoms with Gasteiger partial charge in [-0.15, -0.1) is 34.0 Å². The lowest BCUT2D eigenvalue weighted by atomic mass is 10.1. The van der Waals surface area contributed by atoms with Crippen LogP contribution in [0.25, 0.3) is 30.3 Å². The van der Waals surface area contributed by atoms with Crippen molar-refractivity contribution in [2.75, 3.05) is 52.9 Å². The van der Waals surface area contributed by atoms with Gasteiger partial charge in [0.25, 0.3) is 0 Å². The lowest BCUT2D eigenvalue weighted by Gasteiger charge is -2.05. The zero-order valence-corrected chi connectivity index (χ0v) is 27.0. The first-order valence-electron chi connectivity index (χ1n) is 14.7. The molecule has 0 aliphatic rings. The topological polar surface area (TPSA) is 36.9 Å². The summed E-state index contributed by atoms with van der Waals surface area (Å²) >= 11 is 5.82. The summed E-state index contributed by atoms with van der Waals surface area (Å²) in [6.45, 7) is 14.2. The van der Waals surface area contributed by atoms with Gasteiger partial charge in [0.1, 0.15) is 0 Å². The molecule has 40 heavy (non-hydrogen) atoms. The lowest BCUT2D eigenvalue weighted by molar-refractivity contribution is 0.0542. The summed E-state index contributed by atoms with van der Waals surface area (Å²) in [6, 6.07) is 13.7. The maximum atomic E-state index is 5.88. The van der Waals surface area contributed by atoms with Crippen molar-refractivity contribution >= 4 is 44.8 Å². The third kappa shape index (κ3) is 8.48. The second kappa shape index (κ2) is 16.8. The highest BCUT2D eigenvalue weighted by molar-refractivity contribution is 7.28. The Balaban J connectivity index is 1.55. The highest BCUT2D eigenvalue weighted by Crippen LogP contribution is 2.48. The van der Waals surface area contributed by atoms with E-state index in [1.165, 1.54) is 64.0 Å². The van der Waals surface area contributed by atoms with Crippen molar-refractivity contribution < 1.29 is 18.9 Å². The van der Waals surface area contributed by atoms with Gasteiger partial charge in [-0.3, -0.25) is 0 Å². The monoisotopic (exact) mass is 600 g/mol. The summed E-state index contributed by atoms with van der Waals surface area (Å²) in [5.41, 5.74) is 2.85. The number of thiophene rings is 3. The molecule has 4 rings (SSSR count). The Morgan fingerprint density at radius 2 is 1.15 bits per heavy atom. The zero-order chi connectivity index (χ0) is 28.2. The minimum absolute atomic E-state index is 0.659. The summed E-state index contributed by atoms with van der Waals surface area (Å²) in [7, 11) is 0. The second-order valence-corrected chi connectivity index (χ2v) is 13.1. The van der Waals surface area contributed by atoms with Gasteiger partial charge in [0.05, 0.1) is 49.4 Å². The number of fused-ring (bicyclic) bond motifs is 1. The van der Waals surface area contributed by atoms with Crippen LogP contribution in [0.3, 0.4) is 0 Å². The highest BCUT2D eigenvalue weighted by atomic mass is 32.1. The van der Waals surface area contributed by atoms with Crippen molar-refractivity contribution in [1.82, 2.24) is 0 Å². The van der Waals surface area contributed by atoms with Crippen LogP contribution in [0.4, 0.5) is 0 Å². The molecule has 0 fully saturated rings. The molecule has 0 atom stereocenters. The summed E-state index contributed by atoms with van der Waals surface area (Å²) in [5, 5.41) is 2.71. The van der Waals surface area contributed by atoms with Gasteiger partial charge >= 0.3 is 0 Å². The fourth-order valence-electron chi connectivity index (χ4n) is 4.76. The molecular formula is C33H44O4S3. The van der Waals surface area contributed by atoms with E-state index in [1.807, 2.05) is 47.9 Å². The summed E-state index contributed by atoms with van der Waals surface area (Å²) in [6.07, 6.45) is 5.47. The molecular weight excluding hydrogens is 557 g/mol. The van der Waals surface area contributed by atoms with Crippen LogP contribution in [0.1, 0.15) is 54.5 Å². The van der Waals surface area contributed by atoms with Crippen molar-refractivity contribution in [2.45, 2.75) is 59.8 Å². The van der Waals surface area contributed by atoms with Crippen LogP contribution < -0.4 is 0 Å². The number of ether oxygens (including phenoxy) is 4. The zero-order valence-electron chi connectivity index (χ0n) is 24.5. The van der Waals surface area contributed by atoms with E-state index < -0.39 is 0 Å². The van der Waals surface area contributed by atoms with Gasteiger partial charge in [0, 0.05) is 56.3 Å². The van der Waals surface area contributed by atoms with Crippen LogP contribution in [0.15, 0.2) is 36.4 Å². The van der Waals surface area contributed by atoms with Crippen LogP contribution in [-0.4, -0.2) is 52.9 Å². The van der Waals surface area contributed by atoms with Crippen LogP contribution in [0.2, 0.25) is 0 Å². The van der Waals surface area contributed by atoms with Gasteiger partial charge in [-0.25, -0.2) is 0 Å². The summed E-state index contributed by atoms with van der Waals surface area (Å²) in [5.74, 6) is 0. The molecule has 3 aromatic heterocycles. The van der Waals surface area contributed by atoms with Crippen molar-refractivity contribution in [3.63, 3.8) is 0 Å². The highest BCUT2D eigenvalue weighted by Gasteiger charge is 2.19. The van der Waals surface area contributed by atoms with Gasteiger partial charge < -0.3 is 18.9 Å². The second-order valence-electron chi connectivity index (χ2n) is 9.80. The maximum Gasteiger partial charge on any atom is 0.0700 e. The van der Waals surface area contributed by atoms with Crippen molar-refractivity contribution in [3.05, 3.63) is 57.3 Å². The molecule has 4 aromatic rings. The molecule has 218 valence electrons. The SMILES string of the molecule is CCCCc1cc(-c2sc(-c3cc(C)c(CCOCCOCC)s3)c3ccccc23)sc1CCOCCOCC. The standard InChI is InChI=1S/C33H44O4S3/c1-5-8-11-25-23-31(39-29(25)15-17-37-21-19-35-7-3)33-27-13-10-9-12-26(27)32(40-33)30-22-24(4)28(38-30)14-16-36-20-18-34-6-2/h9-10,12-13,22-23H,5-8,11,14-21H2,1-4H3. The van der Waals surface area contributed by atoms with Crippen molar-refractivity contribution in [2.24, 2.45) is 0 Å². The van der Waals surface area contributed by atoms with E-state index >= 15 is 0 Å². The molecule has 0 saturated heterocycles. The molecule has 4 nitrogen and oxygen atoms in total. The Morgan fingerprint density at radius 3 is 1.75 bits per heavy atom. The number of hydrogen-bond donors (Lipinski definition) is 0. The predicted molar refractivity (Wildman–Crippen MR) is 174 cm³/mol. The molecule has 0 radical (unpaired) electrons. The third-order valence-electron chi connectivity index (χ3n) is 6.88. The Morgan fingerprint density at radius 1 is 0.600 bits per heavy atom. The van der Waals surface area contributed by atoms with E-state index in [-0.39, 0.29) is 0 Å². The molecule has 0 bridgehead atoms. The number of aryl methyl sites for hydroxylation is 2. The fourth-order valence-corrected chi connectivity index (χ4v) is 8.62. The average molecular weight is 601 g/mol. The molecule has 0 aliphatic heterocycles. The lowest BCUT2D eigenvalue weighted by Crippen LogP contribution is -2.06. The molecule has 7 heteroatoms. The third-order valence-corrected chi connectivity index (χ3v) is 11.0. The minimum atomic E-state index is 0.659. The number of rotatable bonds is 19. The number of hydrogen-bond acceptors (Lipinski definition) is 7. The molecule has 1 aromatic carbocycles. The van der Waals surface area contributed by atoms with Gasteiger partial charge in [-0.1, -0.05) is 37.6 Å². The Bertz CT molecular complexity index is 1300. The summed E-state index contributed by atoms with van der Waals surface area (Å²) in [4.78, 5) is 8.40. The Kier molecular flexibility index (Phi) is 13.1. The van der Waals surface area contributed by atoms with Gasteiger partial charge in [0.2, 0.25) is 0 Å². The first kappa shape index (κ1) is 31.4. The van der Waals surface area contributed by atoms with E-state index in [0.29, 0.717) is 26.4 Å². The number of benzene rings is 1. The molecule has 0 saturated carbocycles. The molecule has 0 aliphatic carbocycles. The van der Waals surface area contributed by atoms with Crippen molar-refractivity contribution in [3.8, 4) is 19.5 Å². The fraction of sp³-hybridized carbons (Fsp3) is 0.515. The number of unbranched alkanes of at least 4 members (excludes halogenated alkanes) is 1. The normalized spacial score (nSPS) is 11.7. The maximum absolute atomic E-state index is 5.88. The minimum Gasteiger partial charge on any atom is -0.379 e. The average Bonchev–Trinajstić information content (AvgIpc) is 3.66. The van der Waals surface area contributed by atoms with Crippen molar-refractivity contribution in [1.29, 1.82) is 0 Å². The molecule has 0 N–H and O–H groups in total. The van der Waals surface area contributed by atoms with E-state index in [1.54, 1.807) is 0 Å². The largest absolute Gasteiger partial charge is 0.379 e. The molecule has 0 unspecified atom stereocenters. The first-order valence-corrected chi connectivity index (χ1v) is 17.1. The van der Waals surface area contributed by atoms with E-state index in [0.717, 1.165) is 45.7 Å². The Hall–Kier alpha value is -1.58. The van der Waals surface area contributed by atoms with E-state index in [4.69, 9.17) is 18.9 Å². The quantitative estimate of drug-likeness (QED) is 0.101. The smallest absolute Gasteiger partial charge is 0.0700 e. The first-order chi connectivity index (χ1) is 19.7. The van der Waals surface area contributed by atoms with Gasteiger partial charge in [-0.05, 0) is 56.9 Å². The van der Waals surface area contributed by atoms with Crippen LogP contribution in [0, 0.1) is 6.92 Å². The van der Waals surface area contributed by atoms with Crippen LogP contribution in [0.5, 0.6) is 0 Å². The van der Waals surface area contributed by atoms with Crippen LogP contribution in [-0.2, 0) is 38.2 Å².